The number of phenolic OH excluding ortho intramolecular Hbond substituents is 1. The lowest BCUT2D eigenvalue weighted by atomic mass is 10.2. The first kappa shape index (κ1) is 16.6. The SMILES string of the molecule is CNCCC(=O)N1CCN(c2ccccc2O)CC1.Cl. The summed E-state index contributed by atoms with van der Waals surface area (Å²) < 4.78 is 0. The monoisotopic (exact) mass is 299 g/mol. The number of phenols is 1. The van der Waals surface area contributed by atoms with Gasteiger partial charge < -0.3 is 20.2 Å². The van der Waals surface area contributed by atoms with Gasteiger partial charge in [-0.1, -0.05) is 12.1 Å². The third-order valence-corrected chi connectivity index (χ3v) is 3.44. The Bertz CT molecular complexity index is 434. The molecule has 2 N–H and O–H groups in total. The number of carbonyl (C=O) groups is 1. The number of anilines is 1. The second kappa shape index (κ2) is 7.97. The van der Waals surface area contributed by atoms with Gasteiger partial charge in [0.25, 0.3) is 0 Å². The summed E-state index contributed by atoms with van der Waals surface area (Å²) in [6.07, 6.45) is 0.549. The molecule has 1 aliphatic rings. The molecule has 20 heavy (non-hydrogen) atoms. The Hall–Kier alpha value is -1.46. The van der Waals surface area contributed by atoms with Crippen LogP contribution in [0.2, 0.25) is 0 Å². The molecule has 1 heterocycles. The van der Waals surface area contributed by atoms with Crippen LogP contribution >= 0.6 is 12.4 Å². The highest BCUT2D eigenvalue weighted by Crippen LogP contribution is 2.27. The molecule has 1 aliphatic heterocycles. The molecule has 0 aromatic heterocycles. The van der Waals surface area contributed by atoms with Gasteiger partial charge in [-0.3, -0.25) is 4.79 Å². The van der Waals surface area contributed by atoms with Gasteiger partial charge in [0.15, 0.2) is 0 Å². The van der Waals surface area contributed by atoms with Crippen LogP contribution in [0.15, 0.2) is 24.3 Å². The minimum atomic E-state index is 0. The van der Waals surface area contributed by atoms with Gasteiger partial charge in [-0.15, -0.1) is 12.4 Å². The number of hydrogen-bond acceptors (Lipinski definition) is 4. The van der Waals surface area contributed by atoms with E-state index >= 15 is 0 Å². The van der Waals surface area contributed by atoms with E-state index in [0.717, 1.165) is 38.4 Å². The topological polar surface area (TPSA) is 55.8 Å². The van der Waals surface area contributed by atoms with Gasteiger partial charge in [0.1, 0.15) is 5.75 Å². The molecule has 0 saturated carbocycles. The highest BCUT2D eigenvalue weighted by molar-refractivity contribution is 5.85. The lowest BCUT2D eigenvalue weighted by Gasteiger charge is -2.36. The number of nitrogens with one attached hydrogen (secondary N) is 1. The number of para-hydroxylation sites is 2. The summed E-state index contributed by atoms with van der Waals surface area (Å²) >= 11 is 0. The minimum Gasteiger partial charge on any atom is -0.506 e. The largest absolute Gasteiger partial charge is 0.506 e. The average molecular weight is 300 g/mol. The van der Waals surface area contributed by atoms with Crippen molar-refractivity contribution in [2.45, 2.75) is 6.42 Å². The van der Waals surface area contributed by atoms with E-state index in [1.54, 1.807) is 6.07 Å². The third-order valence-electron chi connectivity index (χ3n) is 3.44. The summed E-state index contributed by atoms with van der Waals surface area (Å²) in [5, 5.41) is 12.8. The van der Waals surface area contributed by atoms with E-state index in [2.05, 4.69) is 10.2 Å². The summed E-state index contributed by atoms with van der Waals surface area (Å²) in [5.74, 6) is 0.503. The molecule has 1 aromatic carbocycles. The standard InChI is InChI=1S/C14H21N3O2.ClH/c1-15-7-6-14(19)17-10-8-16(9-11-17)12-4-2-3-5-13(12)18;/h2-5,15,18H,6-11H2,1H3;1H. The van der Waals surface area contributed by atoms with Gasteiger partial charge in [-0.05, 0) is 19.2 Å². The van der Waals surface area contributed by atoms with Crippen LogP contribution in [0.1, 0.15) is 6.42 Å². The van der Waals surface area contributed by atoms with Crippen molar-refractivity contribution < 1.29 is 9.90 Å². The predicted molar refractivity (Wildman–Crippen MR) is 82.7 cm³/mol. The van der Waals surface area contributed by atoms with Crippen molar-refractivity contribution >= 4 is 24.0 Å². The number of rotatable bonds is 4. The van der Waals surface area contributed by atoms with Gasteiger partial charge in [0.2, 0.25) is 5.91 Å². The van der Waals surface area contributed by atoms with Crippen LogP contribution in [0.3, 0.4) is 0 Å². The normalized spacial score (nSPS) is 14.8. The Balaban J connectivity index is 0.00000200. The summed E-state index contributed by atoms with van der Waals surface area (Å²) in [4.78, 5) is 15.9. The molecular weight excluding hydrogens is 278 g/mol. The van der Waals surface area contributed by atoms with Crippen LogP contribution in [0.4, 0.5) is 5.69 Å². The second-order valence-electron chi connectivity index (χ2n) is 4.71. The lowest BCUT2D eigenvalue weighted by molar-refractivity contribution is -0.131. The molecule has 0 radical (unpaired) electrons. The molecule has 0 bridgehead atoms. The number of piperazine rings is 1. The first-order valence-corrected chi connectivity index (χ1v) is 6.67. The minimum absolute atomic E-state index is 0. The Morgan fingerprint density at radius 2 is 1.90 bits per heavy atom. The Labute approximate surface area is 126 Å². The van der Waals surface area contributed by atoms with Gasteiger partial charge in [-0.25, -0.2) is 0 Å². The highest BCUT2D eigenvalue weighted by Gasteiger charge is 2.21. The lowest BCUT2D eigenvalue weighted by Crippen LogP contribution is -2.49. The van der Waals surface area contributed by atoms with E-state index in [1.807, 2.05) is 30.1 Å². The van der Waals surface area contributed by atoms with E-state index in [9.17, 15) is 9.90 Å². The first-order chi connectivity index (χ1) is 9.22. The van der Waals surface area contributed by atoms with Crippen molar-refractivity contribution in [3.63, 3.8) is 0 Å². The number of halogens is 1. The molecule has 0 atom stereocenters. The van der Waals surface area contributed by atoms with Crippen LogP contribution in [0, 0.1) is 0 Å². The van der Waals surface area contributed by atoms with E-state index in [0.29, 0.717) is 12.2 Å². The van der Waals surface area contributed by atoms with Crippen molar-refractivity contribution in [1.82, 2.24) is 10.2 Å². The Kier molecular flexibility index (Phi) is 6.61. The van der Waals surface area contributed by atoms with Crippen LogP contribution in [0.5, 0.6) is 5.75 Å². The molecule has 1 fully saturated rings. The van der Waals surface area contributed by atoms with Crippen molar-refractivity contribution in [2.24, 2.45) is 0 Å². The van der Waals surface area contributed by atoms with Gasteiger partial charge in [0, 0.05) is 39.1 Å². The number of aromatic hydroxyl groups is 1. The van der Waals surface area contributed by atoms with Crippen molar-refractivity contribution in [1.29, 1.82) is 0 Å². The predicted octanol–water partition coefficient (Wildman–Crippen LogP) is 1.07. The zero-order valence-electron chi connectivity index (χ0n) is 11.7. The quantitative estimate of drug-likeness (QED) is 0.873. The summed E-state index contributed by atoms with van der Waals surface area (Å²) in [7, 11) is 1.85. The number of carbonyl (C=O) groups excluding carboxylic acids is 1. The molecule has 0 spiro atoms. The van der Waals surface area contributed by atoms with Crippen molar-refractivity contribution in [2.75, 3.05) is 44.7 Å². The smallest absolute Gasteiger partial charge is 0.223 e. The molecule has 6 heteroatoms. The molecule has 0 unspecified atom stereocenters. The van der Waals surface area contributed by atoms with Gasteiger partial charge in [-0.2, -0.15) is 0 Å². The van der Waals surface area contributed by atoms with E-state index in [-0.39, 0.29) is 18.3 Å². The fourth-order valence-corrected chi connectivity index (χ4v) is 2.32. The highest BCUT2D eigenvalue weighted by atomic mass is 35.5. The second-order valence-corrected chi connectivity index (χ2v) is 4.71. The molecule has 5 nitrogen and oxygen atoms in total. The van der Waals surface area contributed by atoms with Crippen LogP contribution in [-0.4, -0.2) is 55.7 Å². The maximum Gasteiger partial charge on any atom is 0.223 e. The van der Waals surface area contributed by atoms with E-state index < -0.39 is 0 Å². The molecule has 1 saturated heterocycles. The Morgan fingerprint density at radius 1 is 1.25 bits per heavy atom. The fraction of sp³-hybridized carbons (Fsp3) is 0.500. The maximum absolute atomic E-state index is 11.9. The number of hydrogen-bond donors (Lipinski definition) is 2. The molecule has 112 valence electrons. The molecule has 1 amide bonds. The van der Waals surface area contributed by atoms with E-state index in [4.69, 9.17) is 0 Å². The number of benzene rings is 1. The Morgan fingerprint density at radius 3 is 2.50 bits per heavy atom. The third kappa shape index (κ3) is 4.02. The van der Waals surface area contributed by atoms with E-state index in [1.165, 1.54) is 0 Å². The van der Waals surface area contributed by atoms with Gasteiger partial charge >= 0.3 is 0 Å². The van der Waals surface area contributed by atoms with Crippen LogP contribution in [-0.2, 0) is 4.79 Å². The summed E-state index contributed by atoms with van der Waals surface area (Å²) in [5.41, 5.74) is 0.852. The number of amides is 1. The molecule has 1 aromatic rings. The zero-order chi connectivity index (χ0) is 13.7. The average Bonchev–Trinajstić information content (AvgIpc) is 2.45. The first-order valence-electron chi connectivity index (χ1n) is 6.67. The molecule has 2 rings (SSSR count). The fourth-order valence-electron chi connectivity index (χ4n) is 2.32. The molecule has 0 aliphatic carbocycles. The van der Waals surface area contributed by atoms with Gasteiger partial charge in [0.05, 0.1) is 5.69 Å². The maximum atomic E-state index is 11.9. The molecular formula is C14H22ClN3O2. The number of nitrogens with zero attached hydrogens (tertiary/aromatic N) is 2. The van der Waals surface area contributed by atoms with Crippen molar-refractivity contribution in [3.8, 4) is 5.75 Å². The summed E-state index contributed by atoms with van der Waals surface area (Å²) in [6.45, 7) is 3.69. The van der Waals surface area contributed by atoms with Crippen molar-refractivity contribution in [3.05, 3.63) is 24.3 Å². The zero-order valence-corrected chi connectivity index (χ0v) is 12.5. The van der Waals surface area contributed by atoms with Crippen LogP contribution in [0.25, 0.3) is 0 Å². The summed E-state index contributed by atoms with van der Waals surface area (Å²) in [6, 6.07) is 7.34. The van der Waals surface area contributed by atoms with Crippen LogP contribution < -0.4 is 10.2 Å².